The van der Waals surface area contributed by atoms with E-state index < -0.39 is 32.6 Å². The lowest BCUT2D eigenvalue weighted by atomic mass is 10.2. The van der Waals surface area contributed by atoms with Crippen LogP contribution < -0.4 is 9.47 Å². The van der Waals surface area contributed by atoms with Gasteiger partial charge >= 0.3 is 6.36 Å². The van der Waals surface area contributed by atoms with Crippen LogP contribution in [0.4, 0.5) is 13.2 Å². The number of sulfone groups is 1. The second-order valence-corrected chi connectivity index (χ2v) is 8.41. The van der Waals surface area contributed by atoms with Crippen molar-refractivity contribution in [3.63, 3.8) is 0 Å². The number of hydrogen-bond acceptors (Lipinski definition) is 7. The molecule has 2 heterocycles. The predicted molar refractivity (Wildman–Crippen MR) is 95.9 cm³/mol. The van der Waals surface area contributed by atoms with E-state index >= 15 is 0 Å². The molecule has 0 spiro atoms. The first-order valence-electron chi connectivity index (χ1n) is 7.67. The molecule has 11 heteroatoms. The van der Waals surface area contributed by atoms with E-state index in [-0.39, 0.29) is 5.75 Å². The average Bonchev–Trinajstić information content (AvgIpc) is 3.15. The van der Waals surface area contributed by atoms with Crippen molar-refractivity contribution in [2.75, 3.05) is 7.11 Å². The first-order chi connectivity index (χ1) is 13.2. The van der Waals surface area contributed by atoms with Crippen molar-refractivity contribution < 1.29 is 31.1 Å². The van der Waals surface area contributed by atoms with Crippen LogP contribution in [0, 0.1) is 0 Å². The number of halogens is 3. The quantitative estimate of drug-likeness (QED) is 0.586. The molecule has 0 aliphatic carbocycles. The molecular formula is C17H13F3N2O4S2. The van der Waals surface area contributed by atoms with Crippen LogP contribution in [0.2, 0.25) is 0 Å². The van der Waals surface area contributed by atoms with Crippen molar-refractivity contribution in [2.45, 2.75) is 17.0 Å². The van der Waals surface area contributed by atoms with E-state index in [0.717, 1.165) is 23.1 Å². The Kier molecular flexibility index (Phi) is 5.57. The zero-order valence-corrected chi connectivity index (χ0v) is 15.9. The third-order valence-corrected chi connectivity index (χ3v) is 6.10. The number of aromatic nitrogens is 2. The lowest BCUT2D eigenvalue weighted by Gasteiger charge is -2.13. The van der Waals surface area contributed by atoms with Gasteiger partial charge in [0.25, 0.3) is 0 Å². The molecule has 0 bridgehead atoms. The van der Waals surface area contributed by atoms with Crippen molar-refractivity contribution in [2.24, 2.45) is 0 Å². The second kappa shape index (κ2) is 7.76. The highest BCUT2D eigenvalue weighted by molar-refractivity contribution is 7.90. The zero-order chi connectivity index (χ0) is 20.4. The number of hydrogen-bond donors (Lipinski definition) is 0. The van der Waals surface area contributed by atoms with Crippen molar-refractivity contribution in [1.29, 1.82) is 0 Å². The highest BCUT2D eigenvalue weighted by atomic mass is 32.2. The molecule has 0 N–H and O–H groups in total. The van der Waals surface area contributed by atoms with Gasteiger partial charge in [-0.2, -0.15) is 0 Å². The number of benzene rings is 1. The molecule has 6 nitrogen and oxygen atoms in total. The van der Waals surface area contributed by atoms with Gasteiger partial charge in [0, 0.05) is 30.2 Å². The molecule has 3 aromatic rings. The maximum Gasteiger partial charge on any atom is 0.573 e. The van der Waals surface area contributed by atoms with Gasteiger partial charge in [-0.15, -0.1) is 24.5 Å². The lowest BCUT2D eigenvalue weighted by molar-refractivity contribution is -0.274. The summed E-state index contributed by atoms with van der Waals surface area (Å²) in [5.74, 6) is -1.21. The van der Waals surface area contributed by atoms with Crippen LogP contribution in [0.1, 0.15) is 5.56 Å². The Morgan fingerprint density at radius 3 is 2.54 bits per heavy atom. The molecule has 0 saturated carbocycles. The van der Waals surface area contributed by atoms with Gasteiger partial charge in [-0.25, -0.2) is 8.42 Å². The predicted octanol–water partition coefficient (Wildman–Crippen LogP) is 4.09. The van der Waals surface area contributed by atoms with Crippen LogP contribution in [-0.2, 0) is 15.6 Å². The fourth-order valence-electron chi connectivity index (χ4n) is 2.45. The van der Waals surface area contributed by atoms with E-state index in [1.807, 2.05) is 0 Å². The molecular weight excluding hydrogens is 417 g/mol. The van der Waals surface area contributed by atoms with Gasteiger partial charge in [-0.3, -0.25) is 9.97 Å². The maximum atomic E-state index is 12.8. The summed E-state index contributed by atoms with van der Waals surface area (Å²) in [7, 11) is -2.82. The summed E-state index contributed by atoms with van der Waals surface area (Å²) in [5, 5.41) is 0. The molecule has 0 aliphatic heterocycles. The Labute approximate surface area is 162 Å². The number of thiazole rings is 1. The summed E-state index contributed by atoms with van der Waals surface area (Å²) in [4.78, 5) is 8.41. The molecule has 3 rings (SSSR count). The van der Waals surface area contributed by atoms with Crippen LogP contribution in [0.25, 0.3) is 10.4 Å². The van der Waals surface area contributed by atoms with Crippen LogP contribution in [0.15, 0.2) is 53.3 Å². The van der Waals surface area contributed by atoms with Crippen LogP contribution in [0.3, 0.4) is 0 Å². The summed E-state index contributed by atoms with van der Waals surface area (Å²) in [6.07, 6.45) is -0.365. The van der Waals surface area contributed by atoms with Gasteiger partial charge in [0.2, 0.25) is 0 Å². The third kappa shape index (κ3) is 4.78. The first kappa shape index (κ1) is 20.1. The molecule has 0 atom stereocenters. The molecule has 0 fully saturated rings. The summed E-state index contributed by atoms with van der Waals surface area (Å²) >= 11 is 1.37. The summed E-state index contributed by atoms with van der Waals surface area (Å²) in [6.45, 7) is 0. The van der Waals surface area contributed by atoms with Crippen LogP contribution in [-0.4, -0.2) is 31.9 Å². The Hall–Kier alpha value is -2.66. The summed E-state index contributed by atoms with van der Waals surface area (Å²) in [5.41, 5.74) is 2.70. The van der Waals surface area contributed by atoms with E-state index in [1.165, 1.54) is 24.6 Å². The molecule has 0 saturated heterocycles. The normalized spacial score (nSPS) is 12.0. The second-order valence-electron chi connectivity index (χ2n) is 5.57. The van der Waals surface area contributed by atoms with Crippen LogP contribution >= 0.6 is 11.3 Å². The fraction of sp³-hybridized carbons (Fsp3) is 0.176. The average molecular weight is 430 g/mol. The highest BCUT2D eigenvalue weighted by Gasteiger charge is 2.32. The first-order valence-corrected chi connectivity index (χ1v) is 10.2. The highest BCUT2D eigenvalue weighted by Crippen LogP contribution is 2.33. The monoisotopic (exact) mass is 430 g/mol. The molecule has 0 unspecified atom stereocenters. The SMILES string of the molecule is COc1ccc(OC(F)(F)F)cc1S(=O)(=O)Cc1cncc(-c2cncs2)c1. The minimum Gasteiger partial charge on any atom is -0.495 e. The van der Waals surface area contributed by atoms with Gasteiger partial charge in [-0.1, -0.05) is 0 Å². The van der Waals surface area contributed by atoms with Crippen molar-refractivity contribution >= 4 is 21.2 Å². The van der Waals surface area contributed by atoms with E-state index in [2.05, 4.69) is 14.7 Å². The molecule has 0 aliphatic rings. The maximum absolute atomic E-state index is 12.8. The topological polar surface area (TPSA) is 78.4 Å². The molecule has 0 radical (unpaired) electrons. The largest absolute Gasteiger partial charge is 0.573 e. The summed E-state index contributed by atoms with van der Waals surface area (Å²) < 4.78 is 71.9. The summed E-state index contributed by atoms with van der Waals surface area (Å²) in [6, 6.07) is 4.53. The van der Waals surface area contributed by atoms with Gasteiger partial charge in [0.05, 0.1) is 23.3 Å². The Morgan fingerprint density at radius 2 is 1.89 bits per heavy atom. The standard InChI is InChI=1S/C17H13F3N2O4S2/c1-25-14-3-2-13(26-17(18,19)20)5-16(14)28(23,24)9-11-4-12(7-21-6-11)15-8-22-10-27-15/h2-8,10H,9H2,1H3. The molecule has 0 amide bonds. The van der Waals surface area contributed by atoms with Gasteiger partial charge in [-0.05, 0) is 23.8 Å². The molecule has 2 aromatic heterocycles. The van der Waals surface area contributed by atoms with Crippen molar-refractivity contribution in [3.05, 3.63) is 53.9 Å². The Balaban J connectivity index is 1.94. The van der Waals surface area contributed by atoms with E-state index in [4.69, 9.17) is 4.74 Å². The number of alkyl halides is 3. The van der Waals surface area contributed by atoms with Gasteiger partial charge in [0.1, 0.15) is 16.4 Å². The number of ether oxygens (including phenoxy) is 2. The molecule has 28 heavy (non-hydrogen) atoms. The van der Waals surface area contributed by atoms with Crippen molar-refractivity contribution in [3.8, 4) is 21.9 Å². The number of rotatable bonds is 6. The fourth-order valence-corrected chi connectivity index (χ4v) is 4.56. The molecule has 148 valence electrons. The van der Waals surface area contributed by atoms with E-state index in [0.29, 0.717) is 11.1 Å². The van der Waals surface area contributed by atoms with Gasteiger partial charge in [0.15, 0.2) is 9.84 Å². The van der Waals surface area contributed by atoms with E-state index in [9.17, 15) is 21.6 Å². The number of methoxy groups -OCH3 is 1. The number of nitrogens with zero attached hydrogens (tertiary/aromatic N) is 2. The van der Waals surface area contributed by atoms with Gasteiger partial charge < -0.3 is 9.47 Å². The zero-order valence-electron chi connectivity index (χ0n) is 14.3. The molecule has 1 aromatic carbocycles. The smallest absolute Gasteiger partial charge is 0.495 e. The minimum absolute atomic E-state index is 0.0823. The third-order valence-electron chi connectivity index (χ3n) is 3.57. The Bertz CT molecular complexity index is 1070. The lowest BCUT2D eigenvalue weighted by Crippen LogP contribution is -2.17. The van der Waals surface area contributed by atoms with Crippen LogP contribution in [0.5, 0.6) is 11.5 Å². The Morgan fingerprint density at radius 1 is 1.11 bits per heavy atom. The number of pyridine rings is 1. The minimum atomic E-state index is -4.94. The van der Waals surface area contributed by atoms with E-state index in [1.54, 1.807) is 24.0 Å². The van der Waals surface area contributed by atoms with Crippen molar-refractivity contribution in [1.82, 2.24) is 9.97 Å².